The standard InChI is InChI=1S/C16H23N3O2/c1-3-21-14(20)13-17-15(19(2)18-13)16-7-10-4-11(8-16)6-12(5-10)9-16/h10-12H,3-9H2,1-2H3. The van der Waals surface area contributed by atoms with Crippen LogP contribution in [0.1, 0.15) is 61.9 Å². The molecule has 0 amide bonds. The van der Waals surface area contributed by atoms with Gasteiger partial charge in [0.15, 0.2) is 0 Å². The van der Waals surface area contributed by atoms with Crippen LogP contribution in [0.5, 0.6) is 0 Å². The van der Waals surface area contributed by atoms with Crippen LogP contribution in [0, 0.1) is 17.8 Å². The number of hydrogen-bond acceptors (Lipinski definition) is 4. The Balaban J connectivity index is 1.68. The zero-order chi connectivity index (χ0) is 14.6. The Morgan fingerprint density at radius 1 is 1.24 bits per heavy atom. The summed E-state index contributed by atoms with van der Waals surface area (Å²) in [5.41, 5.74) is 0.168. The fraction of sp³-hybridized carbons (Fsp3) is 0.812. The fourth-order valence-corrected chi connectivity index (χ4v) is 5.51. The summed E-state index contributed by atoms with van der Waals surface area (Å²) in [7, 11) is 1.92. The number of aromatic nitrogens is 3. The van der Waals surface area contributed by atoms with Gasteiger partial charge in [0.25, 0.3) is 5.82 Å². The van der Waals surface area contributed by atoms with Crippen LogP contribution in [0.15, 0.2) is 0 Å². The minimum absolute atomic E-state index is 0.168. The van der Waals surface area contributed by atoms with Crippen LogP contribution in [-0.4, -0.2) is 27.3 Å². The number of esters is 1. The van der Waals surface area contributed by atoms with Gasteiger partial charge >= 0.3 is 5.97 Å². The minimum atomic E-state index is -0.399. The molecule has 1 aromatic rings. The molecule has 4 saturated carbocycles. The highest BCUT2D eigenvalue weighted by Gasteiger charge is 2.53. The van der Waals surface area contributed by atoms with Crippen molar-refractivity contribution in [3.05, 3.63) is 11.6 Å². The molecule has 0 spiro atoms. The second-order valence-corrected chi connectivity index (χ2v) is 7.30. The number of rotatable bonds is 3. The first-order valence-electron chi connectivity index (χ1n) is 8.18. The van der Waals surface area contributed by atoms with Gasteiger partial charge in [0.2, 0.25) is 0 Å². The average Bonchev–Trinajstić information content (AvgIpc) is 2.80. The highest BCUT2D eigenvalue weighted by Crippen LogP contribution is 2.60. The Morgan fingerprint density at radius 3 is 2.33 bits per heavy atom. The van der Waals surface area contributed by atoms with Gasteiger partial charge in [0.1, 0.15) is 5.82 Å². The smallest absolute Gasteiger partial charge is 0.378 e. The zero-order valence-electron chi connectivity index (χ0n) is 12.8. The van der Waals surface area contributed by atoms with Crippen molar-refractivity contribution in [2.75, 3.05) is 6.61 Å². The number of carbonyl (C=O) groups is 1. The Bertz CT molecular complexity index is 543. The van der Waals surface area contributed by atoms with Crippen molar-refractivity contribution < 1.29 is 9.53 Å². The van der Waals surface area contributed by atoms with Crippen molar-refractivity contribution in [1.29, 1.82) is 0 Å². The lowest BCUT2D eigenvalue weighted by molar-refractivity contribution is -0.0110. The molecule has 0 unspecified atom stereocenters. The second-order valence-electron chi connectivity index (χ2n) is 7.30. The van der Waals surface area contributed by atoms with Gasteiger partial charge in [-0.15, -0.1) is 5.10 Å². The monoisotopic (exact) mass is 289 g/mol. The van der Waals surface area contributed by atoms with Gasteiger partial charge in [-0.1, -0.05) is 0 Å². The first kappa shape index (κ1) is 13.3. The Hall–Kier alpha value is -1.39. The molecule has 114 valence electrons. The number of carbonyl (C=O) groups excluding carboxylic acids is 1. The summed E-state index contributed by atoms with van der Waals surface area (Å²) in [4.78, 5) is 16.5. The Kier molecular flexibility index (Phi) is 2.88. The Labute approximate surface area is 125 Å². The van der Waals surface area contributed by atoms with Crippen LogP contribution in [0.25, 0.3) is 0 Å². The van der Waals surface area contributed by atoms with Gasteiger partial charge in [-0.2, -0.15) is 0 Å². The van der Waals surface area contributed by atoms with Gasteiger partial charge < -0.3 is 4.74 Å². The predicted molar refractivity (Wildman–Crippen MR) is 76.8 cm³/mol. The van der Waals surface area contributed by atoms with Crippen molar-refractivity contribution in [3.63, 3.8) is 0 Å². The summed E-state index contributed by atoms with van der Waals surface area (Å²) in [6.07, 6.45) is 7.90. The molecule has 0 aliphatic heterocycles. The van der Waals surface area contributed by atoms with E-state index in [1.54, 1.807) is 6.92 Å². The van der Waals surface area contributed by atoms with E-state index in [0.717, 1.165) is 23.6 Å². The van der Waals surface area contributed by atoms with Gasteiger partial charge in [0.05, 0.1) is 6.61 Å². The van der Waals surface area contributed by atoms with E-state index < -0.39 is 5.97 Å². The first-order chi connectivity index (χ1) is 10.1. The maximum absolute atomic E-state index is 11.9. The summed E-state index contributed by atoms with van der Waals surface area (Å²) in [6.45, 7) is 2.17. The van der Waals surface area contributed by atoms with Crippen molar-refractivity contribution in [2.24, 2.45) is 24.8 Å². The van der Waals surface area contributed by atoms with Gasteiger partial charge in [-0.05, 0) is 63.2 Å². The molecule has 0 saturated heterocycles. The van der Waals surface area contributed by atoms with Gasteiger partial charge in [-0.25, -0.2) is 9.78 Å². The van der Waals surface area contributed by atoms with Crippen LogP contribution in [-0.2, 0) is 17.2 Å². The summed E-state index contributed by atoms with van der Waals surface area (Å²) in [6, 6.07) is 0. The van der Waals surface area contributed by atoms with E-state index in [4.69, 9.17) is 4.74 Å². The number of aryl methyl sites for hydroxylation is 1. The van der Waals surface area contributed by atoms with E-state index in [2.05, 4.69) is 10.1 Å². The highest BCUT2D eigenvalue weighted by molar-refractivity contribution is 5.85. The van der Waals surface area contributed by atoms with E-state index in [-0.39, 0.29) is 11.2 Å². The van der Waals surface area contributed by atoms with Gasteiger partial charge in [-0.3, -0.25) is 4.68 Å². The van der Waals surface area contributed by atoms with E-state index in [1.807, 2.05) is 11.7 Å². The summed E-state index contributed by atoms with van der Waals surface area (Å²) in [5.74, 6) is 3.43. The molecule has 1 heterocycles. The quantitative estimate of drug-likeness (QED) is 0.802. The molecule has 4 bridgehead atoms. The zero-order valence-corrected chi connectivity index (χ0v) is 12.8. The summed E-state index contributed by atoms with van der Waals surface area (Å²) < 4.78 is 6.87. The lowest BCUT2D eigenvalue weighted by Crippen LogP contribution is -2.49. The third kappa shape index (κ3) is 2.00. The molecule has 4 fully saturated rings. The largest absolute Gasteiger partial charge is 0.460 e. The summed E-state index contributed by atoms with van der Waals surface area (Å²) in [5, 5.41) is 4.32. The molecule has 0 N–H and O–H groups in total. The van der Waals surface area contributed by atoms with Crippen LogP contribution in [0.2, 0.25) is 0 Å². The fourth-order valence-electron chi connectivity index (χ4n) is 5.51. The molecule has 21 heavy (non-hydrogen) atoms. The normalized spacial score (nSPS) is 37.0. The predicted octanol–water partition coefficient (Wildman–Crippen LogP) is 2.46. The molecule has 4 aliphatic carbocycles. The van der Waals surface area contributed by atoms with Crippen molar-refractivity contribution in [2.45, 2.75) is 50.9 Å². The topological polar surface area (TPSA) is 57.0 Å². The average molecular weight is 289 g/mol. The van der Waals surface area contributed by atoms with E-state index >= 15 is 0 Å². The molecule has 0 aromatic carbocycles. The van der Waals surface area contributed by atoms with Crippen LogP contribution >= 0.6 is 0 Å². The van der Waals surface area contributed by atoms with E-state index in [0.29, 0.717) is 6.61 Å². The molecular formula is C16H23N3O2. The molecule has 5 rings (SSSR count). The molecule has 1 aromatic heterocycles. The number of nitrogens with zero attached hydrogens (tertiary/aromatic N) is 3. The van der Waals surface area contributed by atoms with Gasteiger partial charge in [0, 0.05) is 12.5 Å². The van der Waals surface area contributed by atoms with Crippen molar-refractivity contribution >= 4 is 5.97 Å². The maximum atomic E-state index is 11.9. The van der Waals surface area contributed by atoms with Crippen LogP contribution < -0.4 is 0 Å². The molecule has 5 nitrogen and oxygen atoms in total. The SMILES string of the molecule is CCOC(=O)c1nc(C23CC4CC(CC(C4)C2)C3)n(C)n1. The minimum Gasteiger partial charge on any atom is -0.460 e. The number of ether oxygens (including phenoxy) is 1. The Morgan fingerprint density at radius 2 is 1.81 bits per heavy atom. The van der Waals surface area contributed by atoms with E-state index in [9.17, 15) is 4.79 Å². The third-order valence-corrected chi connectivity index (χ3v) is 5.73. The van der Waals surface area contributed by atoms with Crippen molar-refractivity contribution in [1.82, 2.24) is 14.8 Å². The molecule has 0 atom stereocenters. The lowest BCUT2D eigenvalue weighted by Gasteiger charge is -2.56. The van der Waals surface area contributed by atoms with Crippen molar-refractivity contribution in [3.8, 4) is 0 Å². The first-order valence-corrected chi connectivity index (χ1v) is 8.18. The molecule has 0 radical (unpaired) electrons. The lowest BCUT2D eigenvalue weighted by atomic mass is 9.49. The van der Waals surface area contributed by atoms with Crippen LogP contribution in [0.4, 0.5) is 0 Å². The summed E-state index contributed by atoms with van der Waals surface area (Å²) >= 11 is 0. The van der Waals surface area contributed by atoms with Crippen LogP contribution in [0.3, 0.4) is 0 Å². The second kappa shape index (κ2) is 4.55. The molecule has 5 heteroatoms. The third-order valence-electron chi connectivity index (χ3n) is 5.73. The van der Waals surface area contributed by atoms with E-state index in [1.165, 1.54) is 38.5 Å². The maximum Gasteiger partial charge on any atom is 0.378 e. The molecule has 4 aliphatic rings. The molecular weight excluding hydrogens is 266 g/mol. The highest BCUT2D eigenvalue weighted by atomic mass is 16.5. The number of hydrogen-bond donors (Lipinski definition) is 0.